The van der Waals surface area contributed by atoms with Crippen molar-refractivity contribution < 1.29 is 14.4 Å². The standard InChI is InChI=1S/C13H13BrN2O3/c1-16(10-6-7-11(17)15-12(10)18)13(19)8-2-4-9(14)5-3-8/h2-5,10H,6-7H2,1H3,(H,15,17,18). The number of benzene rings is 1. The van der Waals surface area contributed by atoms with Crippen molar-refractivity contribution in [2.45, 2.75) is 18.9 Å². The van der Waals surface area contributed by atoms with Crippen molar-refractivity contribution in [1.82, 2.24) is 10.2 Å². The molecular weight excluding hydrogens is 312 g/mol. The van der Waals surface area contributed by atoms with Crippen molar-refractivity contribution in [3.63, 3.8) is 0 Å². The summed E-state index contributed by atoms with van der Waals surface area (Å²) in [6.45, 7) is 0. The van der Waals surface area contributed by atoms with Gasteiger partial charge in [-0.05, 0) is 30.7 Å². The van der Waals surface area contributed by atoms with Crippen LogP contribution in [0.2, 0.25) is 0 Å². The molecule has 19 heavy (non-hydrogen) atoms. The van der Waals surface area contributed by atoms with Crippen molar-refractivity contribution in [3.05, 3.63) is 34.3 Å². The molecule has 1 aliphatic rings. The van der Waals surface area contributed by atoms with E-state index in [2.05, 4.69) is 21.2 Å². The monoisotopic (exact) mass is 324 g/mol. The Labute approximate surface area is 119 Å². The van der Waals surface area contributed by atoms with Crippen molar-refractivity contribution in [1.29, 1.82) is 0 Å². The predicted octanol–water partition coefficient (Wildman–Crippen LogP) is 1.33. The summed E-state index contributed by atoms with van der Waals surface area (Å²) in [5.41, 5.74) is 0.510. The van der Waals surface area contributed by atoms with E-state index in [0.717, 1.165) is 4.47 Å². The second-order valence-corrected chi connectivity index (χ2v) is 5.31. The second-order valence-electron chi connectivity index (χ2n) is 4.39. The van der Waals surface area contributed by atoms with Gasteiger partial charge in [0.15, 0.2) is 0 Å². The van der Waals surface area contributed by atoms with Gasteiger partial charge in [0.05, 0.1) is 0 Å². The lowest BCUT2D eigenvalue weighted by molar-refractivity contribution is -0.136. The van der Waals surface area contributed by atoms with E-state index in [1.165, 1.54) is 4.90 Å². The fourth-order valence-corrected chi connectivity index (χ4v) is 2.25. The average Bonchev–Trinajstić information content (AvgIpc) is 2.38. The molecule has 1 aliphatic heterocycles. The van der Waals surface area contributed by atoms with E-state index in [1.807, 2.05) is 0 Å². The molecule has 1 aromatic rings. The van der Waals surface area contributed by atoms with Crippen LogP contribution >= 0.6 is 15.9 Å². The van der Waals surface area contributed by atoms with Gasteiger partial charge in [-0.1, -0.05) is 15.9 Å². The maximum Gasteiger partial charge on any atom is 0.254 e. The summed E-state index contributed by atoms with van der Waals surface area (Å²) >= 11 is 3.30. The first-order valence-corrected chi connectivity index (χ1v) is 6.65. The molecule has 6 heteroatoms. The minimum absolute atomic E-state index is 0.234. The van der Waals surface area contributed by atoms with Crippen molar-refractivity contribution >= 4 is 33.7 Å². The first-order valence-electron chi connectivity index (χ1n) is 5.85. The summed E-state index contributed by atoms with van der Waals surface area (Å²) in [5, 5.41) is 2.25. The highest BCUT2D eigenvalue weighted by Gasteiger charge is 2.32. The molecule has 2 rings (SSSR count). The van der Waals surface area contributed by atoms with E-state index in [4.69, 9.17) is 0 Å². The number of nitrogens with one attached hydrogen (secondary N) is 1. The van der Waals surface area contributed by atoms with Gasteiger partial charge >= 0.3 is 0 Å². The van der Waals surface area contributed by atoms with E-state index < -0.39 is 11.9 Å². The van der Waals surface area contributed by atoms with Crippen LogP contribution in [0.15, 0.2) is 28.7 Å². The number of hydrogen-bond donors (Lipinski definition) is 1. The molecule has 1 fully saturated rings. The van der Waals surface area contributed by atoms with Crippen LogP contribution in [0, 0.1) is 0 Å². The minimum atomic E-state index is -0.589. The molecule has 0 saturated carbocycles. The fourth-order valence-electron chi connectivity index (χ4n) is 1.99. The van der Waals surface area contributed by atoms with Crippen molar-refractivity contribution in [3.8, 4) is 0 Å². The van der Waals surface area contributed by atoms with Crippen LogP contribution in [0.25, 0.3) is 0 Å². The van der Waals surface area contributed by atoms with Gasteiger partial charge in [-0.2, -0.15) is 0 Å². The molecule has 1 unspecified atom stereocenters. The Morgan fingerprint density at radius 3 is 2.53 bits per heavy atom. The highest BCUT2D eigenvalue weighted by atomic mass is 79.9. The lowest BCUT2D eigenvalue weighted by Crippen LogP contribution is -2.52. The lowest BCUT2D eigenvalue weighted by atomic mass is 10.0. The Bertz CT molecular complexity index is 527. The van der Waals surface area contributed by atoms with Crippen LogP contribution in [-0.2, 0) is 9.59 Å². The van der Waals surface area contributed by atoms with Crippen LogP contribution in [0.4, 0.5) is 0 Å². The van der Waals surface area contributed by atoms with E-state index in [0.29, 0.717) is 12.0 Å². The van der Waals surface area contributed by atoms with Gasteiger partial charge in [0.1, 0.15) is 6.04 Å². The molecule has 0 aliphatic carbocycles. The van der Waals surface area contributed by atoms with E-state index in [9.17, 15) is 14.4 Å². The number of nitrogens with zero attached hydrogens (tertiary/aromatic N) is 1. The number of halogens is 1. The molecule has 1 saturated heterocycles. The van der Waals surface area contributed by atoms with Gasteiger partial charge < -0.3 is 4.90 Å². The summed E-state index contributed by atoms with van der Waals surface area (Å²) < 4.78 is 0.882. The maximum atomic E-state index is 12.2. The Hall–Kier alpha value is -1.69. The maximum absolute atomic E-state index is 12.2. The van der Waals surface area contributed by atoms with Gasteiger partial charge in [-0.25, -0.2) is 0 Å². The first-order chi connectivity index (χ1) is 8.99. The second kappa shape index (κ2) is 5.52. The third-order valence-electron chi connectivity index (χ3n) is 3.09. The first kappa shape index (κ1) is 13.7. The zero-order chi connectivity index (χ0) is 14.0. The van der Waals surface area contributed by atoms with Gasteiger partial charge in [0.25, 0.3) is 5.91 Å². The Kier molecular flexibility index (Phi) is 3.99. The predicted molar refractivity (Wildman–Crippen MR) is 72.4 cm³/mol. The third-order valence-corrected chi connectivity index (χ3v) is 3.62. The highest BCUT2D eigenvalue weighted by Crippen LogP contribution is 2.16. The molecule has 1 atom stereocenters. The van der Waals surface area contributed by atoms with Gasteiger partial charge in [0, 0.05) is 23.5 Å². The number of carbonyl (C=O) groups is 3. The van der Waals surface area contributed by atoms with E-state index in [1.54, 1.807) is 31.3 Å². The van der Waals surface area contributed by atoms with Crippen LogP contribution in [-0.4, -0.2) is 35.7 Å². The number of hydrogen-bond acceptors (Lipinski definition) is 3. The molecule has 1 heterocycles. The topological polar surface area (TPSA) is 66.5 Å². The molecule has 1 N–H and O–H groups in total. The lowest BCUT2D eigenvalue weighted by Gasteiger charge is -2.29. The smallest absolute Gasteiger partial charge is 0.254 e. The molecule has 0 spiro atoms. The summed E-state index contributed by atoms with van der Waals surface area (Å²) in [6.07, 6.45) is 0.623. The van der Waals surface area contributed by atoms with Crippen LogP contribution in [0.3, 0.4) is 0 Å². The van der Waals surface area contributed by atoms with Crippen LogP contribution < -0.4 is 5.32 Å². The number of rotatable bonds is 2. The van der Waals surface area contributed by atoms with Crippen LogP contribution in [0.5, 0.6) is 0 Å². The Balaban J connectivity index is 2.13. The number of amides is 3. The van der Waals surface area contributed by atoms with E-state index in [-0.39, 0.29) is 18.2 Å². The number of imide groups is 1. The van der Waals surface area contributed by atoms with E-state index >= 15 is 0 Å². The zero-order valence-electron chi connectivity index (χ0n) is 10.4. The molecule has 1 aromatic carbocycles. The summed E-state index contributed by atoms with van der Waals surface area (Å²) in [6, 6.07) is 6.33. The molecule has 0 radical (unpaired) electrons. The van der Waals surface area contributed by atoms with Crippen LogP contribution in [0.1, 0.15) is 23.2 Å². The molecular formula is C13H13BrN2O3. The van der Waals surface area contributed by atoms with Gasteiger partial charge in [-0.3, -0.25) is 19.7 Å². The average molecular weight is 325 g/mol. The summed E-state index contributed by atoms with van der Waals surface area (Å²) in [4.78, 5) is 36.4. The SMILES string of the molecule is CN(C(=O)c1ccc(Br)cc1)C1CCC(=O)NC1=O. The quantitative estimate of drug-likeness (QED) is 0.834. The van der Waals surface area contributed by atoms with Crippen molar-refractivity contribution in [2.75, 3.05) is 7.05 Å². The molecule has 0 bridgehead atoms. The molecule has 5 nitrogen and oxygen atoms in total. The number of carbonyl (C=O) groups excluding carboxylic acids is 3. The largest absolute Gasteiger partial charge is 0.330 e. The molecule has 3 amide bonds. The van der Waals surface area contributed by atoms with Crippen molar-refractivity contribution in [2.24, 2.45) is 0 Å². The normalized spacial score (nSPS) is 18.9. The zero-order valence-corrected chi connectivity index (χ0v) is 11.9. The summed E-state index contributed by atoms with van der Waals surface area (Å²) in [7, 11) is 1.57. The third kappa shape index (κ3) is 3.01. The highest BCUT2D eigenvalue weighted by molar-refractivity contribution is 9.10. The number of likely N-dealkylation sites (N-methyl/N-ethyl adjacent to an activating group) is 1. The van der Waals surface area contributed by atoms with Gasteiger partial charge in [0.2, 0.25) is 11.8 Å². The molecule has 100 valence electrons. The summed E-state index contributed by atoms with van der Waals surface area (Å²) in [5.74, 6) is -0.933. The fraction of sp³-hybridized carbons (Fsp3) is 0.308. The molecule has 0 aromatic heterocycles. The Morgan fingerprint density at radius 1 is 1.32 bits per heavy atom. The minimum Gasteiger partial charge on any atom is -0.330 e. The number of piperidine rings is 1. The Morgan fingerprint density at radius 2 is 1.95 bits per heavy atom. The van der Waals surface area contributed by atoms with Gasteiger partial charge in [-0.15, -0.1) is 0 Å².